The van der Waals surface area contributed by atoms with Crippen LogP contribution in [0.2, 0.25) is 0 Å². The molecule has 0 radical (unpaired) electrons. The van der Waals surface area contributed by atoms with E-state index in [2.05, 4.69) is 22.0 Å². The lowest BCUT2D eigenvalue weighted by Gasteiger charge is -2.30. The third-order valence-electron chi connectivity index (χ3n) is 7.05. The molecule has 0 bridgehead atoms. The number of ketones is 1. The van der Waals surface area contributed by atoms with Gasteiger partial charge in [0.15, 0.2) is 5.78 Å². The van der Waals surface area contributed by atoms with Crippen LogP contribution in [0.15, 0.2) is 84.9 Å². The largest absolute Gasteiger partial charge is 0.465 e. The SMILES string of the molecule is CCOC(=O)CN[C@@H](C(=O)NC(C(=O)[C@@H]1CCCN1)c1ccc(C#N)cc1)C(c1ccccc1)c1ccccc1. The van der Waals surface area contributed by atoms with Crippen molar-refractivity contribution in [2.75, 3.05) is 19.7 Å². The second-order valence-electron chi connectivity index (χ2n) is 9.69. The van der Waals surface area contributed by atoms with E-state index in [0.717, 1.165) is 24.1 Å². The summed E-state index contributed by atoms with van der Waals surface area (Å²) in [6.07, 6.45) is 1.56. The van der Waals surface area contributed by atoms with Gasteiger partial charge in [-0.3, -0.25) is 19.7 Å². The van der Waals surface area contributed by atoms with Crippen molar-refractivity contribution >= 4 is 17.7 Å². The fourth-order valence-electron chi connectivity index (χ4n) is 5.09. The van der Waals surface area contributed by atoms with Gasteiger partial charge in [-0.2, -0.15) is 5.26 Å². The van der Waals surface area contributed by atoms with Gasteiger partial charge in [0.05, 0.1) is 36.9 Å². The molecule has 1 aliphatic rings. The summed E-state index contributed by atoms with van der Waals surface area (Å²) in [5.41, 5.74) is 2.81. The lowest BCUT2D eigenvalue weighted by Crippen LogP contribution is -2.52. The molecule has 1 fully saturated rings. The highest BCUT2D eigenvalue weighted by Crippen LogP contribution is 2.29. The maximum Gasteiger partial charge on any atom is 0.319 e. The summed E-state index contributed by atoms with van der Waals surface area (Å²) in [5.74, 6) is -1.51. The van der Waals surface area contributed by atoms with Crippen LogP contribution in [0.4, 0.5) is 0 Å². The topological polar surface area (TPSA) is 120 Å². The van der Waals surface area contributed by atoms with E-state index in [4.69, 9.17) is 4.74 Å². The number of nitriles is 1. The minimum atomic E-state index is -0.935. The Kier molecular flexibility index (Phi) is 10.2. The first-order chi connectivity index (χ1) is 19.5. The first-order valence-corrected chi connectivity index (χ1v) is 13.6. The Hall–Kier alpha value is -4.32. The van der Waals surface area contributed by atoms with Crippen molar-refractivity contribution in [1.29, 1.82) is 5.26 Å². The predicted octanol–water partition coefficient (Wildman–Crippen LogP) is 3.39. The number of carbonyl (C=O) groups is 3. The first kappa shape index (κ1) is 28.7. The minimum Gasteiger partial charge on any atom is -0.465 e. The molecular weight excluding hydrogens is 504 g/mol. The number of carbonyl (C=O) groups excluding carboxylic acids is 3. The Labute approximate surface area is 234 Å². The Morgan fingerprint density at radius 2 is 1.57 bits per heavy atom. The number of ether oxygens (including phenoxy) is 1. The second kappa shape index (κ2) is 14.2. The van der Waals surface area contributed by atoms with E-state index >= 15 is 0 Å². The number of esters is 1. The number of nitrogens with one attached hydrogen (secondary N) is 3. The molecule has 3 aromatic carbocycles. The standard InChI is InChI=1S/C32H34N4O4/c1-2-40-27(37)21-35-30(28(23-10-5-3-6-11-23)24-12-7-4-8-13-24)32(39)36-29(31(38)26-14-9-19-34-26)25-17-15-22(20-33)16-18-25/h3-8,10-13,15-18,26,28-30,34-35H,2,9,14,19,21H2,1H3,(H,36,39)/t26-,29?,30+/m0/s1. The Morgan fingerprint density at radius 1 is 0.950 bits per heavy atom. The van der Waals surface area contributed by atoms with Gasteiger partial charge in [-0.05, 0) is 55.1 Å². The zero-order valence-electron chi connectivity index (χ0n) is 22.5. The number of hydrogen-bond acceptors (Lipinski definition) is 7. The molecule has 8 heteroatoms. The number of Topliss-reactive ketones (excluding diaryl/α,β-unsaturated/α-hetero) is 1. The molecule has 4 rings (SSSR count). The van der Waals surface area contributed by atoms with E-state index < -0.39 is 29.9 Å². The highest BCUT2D eigenvalue weighted by Gasteiger charge is 2.36. The van der Waals surface area contributed by atoms with Crippen molar-refractivity contribution in [1.82, 2.24) is 16.0 Å². The molecular formula is C32H34N4O4. The van der Waals surface area contributed by atoms with Gasteiger partial charge in [0.25, 0.3) is 0 Å². The van der Waals surface area contributed by atoms with Crippen molar-refractivity contribution in [3.63, 3.8) is 0 Å². The Balaban J connectivity index is 1.71. The minimum absolute atomic E-state index is 0.143. The van der Waals surface area contributed by atoms with E-state index in [1.807, 2.05) is 60.7 Å². The van der Waals surface area contributed by atoms with Crippen molar-refractivity contribution in [3.05, 3.63) is 107 Å². The molecule has 8 nitrogen and oxygen atoms in total. The van der Waals surface area contributed by atoms with Crippen molar-refractivity contribution in [3.8, 4) is 6.07 Å². The van der Waals surface area contributed by atoms with Crippen molar-refractivity contribution in [2.45, 2.75) is 43.8 Å². The molecule has 1 heterocycles. The molecule has 1 unspecified atom stereocenters. The number of rotatable bonds is 12. The molecule has 3 atom stereocenters. The van der Waals surface area contributed by atoms with Crippen LogP contribution in [-0.2, 0) is 19.1 Å². The van der Waals surface area contributed by atoms with Crippen LogP contribution in [0.25, 0.3) is 0 Å². The zero-order valence-corrected chi connectivity index (χ0v) is 22.5. The average Bonchev–Trinajstić information content (AvgIpc) is 3.54. The van der Waals surface area contributed by atoms with Crippen LogP contribution < -0.4 is 16.0 Å². The van der Waals surface area contributed by atoms with Crippen LogP contribution in [-0.4, -0.2) is 49.4 Å². The summed E-state index contributed by atoms with van der Waals surface area (Å²) in [5, 5.41) is 18.6. The zero-order chi connectivity index (χ0) is 28.3. The van der Waals surface area contributed by atoms with E-state index in [0.29, 0.717) is 17.5 Å². The highest BCUT2D eigenvalue weighted by atomic mass is 16.5. The lowest BCUT2D eigenvalue weighted by atomic mass is 9.84. The third-order valence-corrected chi connectivity index (χ3v) is 7.05. The van der Waals surface area contributed by atoms with Crippen molar-refractivity contribution in [2.24, 2.45) is 0 Å². The van der Waals surface area contributed by atoms with E-state index in [1.54, 1.807) is 31.2 Å². The fraction of sp³-hybridized carbons (Fsp3) is 0.312. The molecule has 0 saturated carbocycles. The van der Waals surface area contributed by atoms with Gasteiger partial charge < -0.3 is 15.4 Å². The van der Waals surface area contributed by atoms with Gasteiger partial charge in [0.1, 0.15) is 6.04 Å². The molecule has 0 aliphatic carbocycles. The maximum absolute atomic E-state index is 14.2. The van der Waals surface area contributed by atoms with Gasteiger partial charge >= 0.3 is 5.97 Å². The molecule has 3 aromatic rings. The molecule has 1 saturated heterocycles. The molecule has 3 N–H and O–H groups in total. The van der Waals surface area contributed by atoms with Crippen LogP contribution in [0, 0.1) is 11.3 Å². The summed E-state index contributed by atoms with van der Waals surface area (Å²) in [6.45, 7) is 2.51. The maximum atomic E-state index is 14.2. The molecule has 1 amide bonds. The normalized spacial score (nSPS) is 16.1. The average molecular weight is 539 g/mol. The van der Waals surface area contributed by atoms with Gasteiger partial charge in [-0.1, -0.05) is 72.8 Å². The molecule has 0 aromatic heterocycles. The van der Waals surface area contributed by atoms with Crippen LogP contribution in [0.5, 0.6) is 0 Å². The number of amides is 1. The quantitative estimate of drug-likeness (QED) is 0.302. The van der Waals surface area contributed by atoms with Crippen LogP contribution in [0.1, 0.15) is 54.0 Å². The monoisotopic (exact) mass is 538 g/mol. The molecule has 206 valence electrons. The smallest absolute Gasteiger partial charge is 0.319 e. The summed E-state index contributed by atoms with van der Waals surface area (Å²) in [7, 11) is 0. The van der Waals surface area contributed by atoms with E-state index in [-0.39, 0.29) is 25.0 Å². The predicted molar refractivity (Wildman–Crippen MR) is 151 cm³/mol. The van der Waals surface area contributed by atoms with Crippen LogP contribution >= 0.6 is 0 Å². The van der Waals surface area contributed by atoms with Gasteiger partial charge in [0, 0.05) is 5.92 Å². The lowest BCUT2D eigenvalue weighted by molar-refractivity contribution is -0.142. The summed E-state index contributed by atoms with van der Waals surface area (Å²) < 4.78 is 5.12. The highest BCUT2D eigenvalue weighted by molar-refractivity contribution is 5.95. The van der Waals surface area contributed by atoms with Gasteiger partial charge in [-0.15, -0.1) is 0 Å². The van der Waals surface area contributed by atoms with E-state index in [9.17, 15) is 19.6 Å². The number of benzene rings is 3. The second-order valence-corrected chi connectivity index (χ2v) is 9.69. The molecule has 1 aliphatic heterocycles. The third kappa shape index (κ3) is 7.20. The summed E-state index contributed by atoms with van der Waals surface area (Å²) in [6, 6.07) is 25.7. The number of hydrogen-bond donors (Lipinski definition) is 3. The molecule has 40 heavy (non-hydrogen) atoms. The first-order valence-electron chi connectivity index (χ1n) is 13.6. The van der Waals surface area contributed by atoms with E-state index in [1.165, 1.54) is 0 Å². The number of nitrogens with zero attached hydrogens (tertiary/aromatic N) is 1. The summed E-state index contributed by atoms with van der Waals surface area (Å²) in [4.78, 5) is 40.2. The Bertz CT molecular complexity index is 1280. The van der Waals surface area contributed by atoms with Crippen LogP contribution in [0.3, 0.4) is 0 Å². The van der Waals surface area contributed by atoms with Gasteiger partial charge in [0.2, 0.25) is 5.91 Å². The Morgan fingerprint density at radius 3 is 2.10 bits per heavy atom. The fourth-order valence-corrected chi connectivity index (χ4v) is 5.09. The summed E-state index contributed by atoms with van der Waals surface area (Å²) >= 11 is 0. The molecule has 0 spiro atoms. The van der Waals surface area contributed by atoms with Crippen molar-refractivity contribution < 1.29 is 19.1 Å². The van der Waals surface area contributed by atoms with Gasteiger partial charge in [-0.25, -0.2) is 0 Å².